The molecule has 0 amide bonds. The molecule has 0 saturated heterocycles. The Labute approximate surface area is 105 Å². The lowest BCUT2D eigenvalue weighted by molar-refractivity contribution is -0.139. The van der Waals surface area contributed by atoms with Crippen molar-refractivity contribution in [3.8, 4) is 0 Å². The number of carboxylic acids is 1. The van der Waals surface area contributed by atoms with Gasteiger partial charge in [0.25, 0.3) is 0 Å². The summed E-state index contributed by atoms with van der Waals surface area (Å²) in [5, 5.41) is 8.76. The molecule has 1 rings (SSSR count). The van der Waals surface area contributed by atoms with Crippen LogP contribution in [0.3, 0.4) is 0 Å². The van der Waals surface area contributed by atoms with E-state index in [2.05, 4.69) is 0 Å². The molecule has 0 saturated carbocycles. The molecular weight excluding hydrogens is 240 g/mol. The van der Waals surface area contributed by atoms with Crippen LogP contribution in [0.25, 0.3) is 0 Å². The molecule has 0 fully saturated rings. The minimum absolute atomic E-state index is 0.0234. The first kappa shape index (κ1) is 14.6. The van der Waals surface area contributed by atoms with Crippen molar-refractivity contribution in [3.05, 3.63) is 35.4 Å². The lowest BCUT2D eigenvalue weighted by Gasteiger charge is -2.26. The standard InChI is InChI=1S/C13H17F2NO2/c1-13(2,7-12(17)18)6-11(16)8-3-4-9(14)10(15)5-8/h3-5,11H,6-7,16H2,1-2H3,(H,17,18). The van der Waals surface area contributed by atoms with E-state index in [4.69, 9.17) is 10.8 Å². The summed E-state index contributed by atoms with van der Waals surface area (Å²) in [6, 6.07) is 2.97. The molecule has 0 aliphatic heterocycles. The summed E-state index contributed by atoms with van der Waals surface area (Å²) in [4.78, 5) is 10.7. The van der Waals surface area contributed by atoms with Crippen LogP contribution in [0.5, 0.6) is 0 Å². The van der Waals surface area contributed by atoms with Gasteiger partial charge in [0.1, 0.15) is 0 Å². The monoisotopic (exact) mass is 257 g/mol. The van der Waals surface area contributed by atoms with Gasteiger partial charge in [-0.05, 0) is 29.5 Å². The highest BCUT2D eigenvalue weighted by Crippen LogP contribution is 2.32. The maximum atomic E-state index is 13.1. The van der Waals surface area contributed by atoms with Crippen LogP contribution >= 0.6 is 0 Å². The van der Waals surface area contributed by atoms with E-state index >= 15 is 0 Å². The van der Waals surface area contributed by atoms with Gasteiger partial charge in [0.15, 0.2) is 11.6 Å². The second kappa shape index (κ2) is 5.44. The normalized spacial score (nSPS) is 13.4. The topological polar surface area (TPSA) is 63.3 Å². The van der Waals surface area contributed by atoms with Crippen molar-refractivity contribution in [1.82, 2.24) is 0 Å². The first-order chi connectivity index (χ1) is 8.21. The zero-order valence-corrected chi connectivity index (χ0v) is 10.4. The summed E-state index contributed by atoms with van der Waals surface area (Å²) < 4.78 is 25.8. The van der Waals surface area contributed by atoms with Crippen molar-refractivity contribution in [3.63, 3.8) is 0 Å². The molecule has 1 aromatic carbocycles. The first-order valence-electron chi connectivity index (χ1n) is 5.63. The quantitative estimate of drug-likeness (QED) is 0.852. The van der Waals surface area contributed by atoms with Gasteiger partial charge in [0, 0.05) is 6.04 Å². The van der Waals surface area contributed by atoms with Crippen LogP contribution in [0.4, 0.5) is 8.78 Å². The number of aliphatic carboxylic acids is 1. The van der Waals surface area contributed by atoms with Crippen LogP contribution in [0.15, 0.2) is 18.2 Å². The average Bonchev–Trinajstić information content (AvgIpc) is 2.19. The van der Waals surface area contributed by atoms with Crippen molar-refractivity contribution < 1.29 is 18.7 Å². The summed E-state index contributed by atoms with van der Waals surface area (Å²) in [7, 11) is 0. The number of benzene rings is 1. The third-order valence-electron chi connectivity index (χ3n) is 2.77. The maximum Gasteiger partial charge on any atom is 0.303 e. The predicted molar refractivity (Wildman–Crippen MR) is 63.9 cm³/mol. The van der Waals surface area contributed by atoms with E-state index in [-0.39, 0.29) is 6.42 Å². The molecule has 0 radical (unpaired) electrons. The molecule has 3 nitrogen and oxygen atoms in total. The highest BCUT2D eigenvalue weighted by Gasteiger charge is 2.25. The second-order valence-electron chi connectivity index (χ2n) is 5.22. The fraction of sp³-hybridized carbons (Fsp3) is 0.462. The fourth-order valence-electron chi connectivity index (χ4n) is 1.94. The van der Waals surface area contributed by atoms with E-state index in [1.807, 2.05) is 0 Å². The summed E-state index contributed by atoms with van der Waals surface area (Å²) >= 11 is 0. The summed E-state index contributed by atoms with van der Waals surface area (Å²) in [6.45, 7) is 3.56. The minimum Gasteiger partial charge on any atom is -0.481 e. The Balaban J connectivity index is 2.78. The molecule has 1 atom stereocenters. The number of nitrogens with two attached hydrogens (primary N) is 1. The third-order valence-corrected chi connectivity index (χ3v) is 2.77. The summed E-state index contributed by atoms with van der Waals surface area (Å²) in [5.74, 6) is -2.77. The maximum absolute atomic E-state index is 13.1. The Morgan fingerprint density at radius 2 is 2.00 bits per heavy atom. The van der Waals surface area contributed by atoms with E-state index in [1.165, 1.54) is 6.07 Å². The van der Waals surface area contributed by atoms with Crippen LogP contribution in [-0.2, 0) is 4.79 Å². The predicted octanol–water partition coefficient (Wildman–Crippen LogP) is 2.86. The molecule has 0 spiro atoms. The molecule has 0 bridgehead atoms. The average molecular weight is 257 g/mol. The zero-order chi connectivity index (χ0) is 13.9. The van der Waals surface area contributed by atoms with E-state index in [0.29, 0.717) is 12.0 Å². The molecule has 5 heteroatoms. The lowest BCUT2D eigenvalue weighted by atomic mass is 9.81. The van der Waals surface area contributed by atoms with Crippen molar-refractivity contribution in [2.45, 2.75) is 32.7 Å². The van der Waals surface area contributed by atoms with Crippen LogP contribution in [0.2, 0.25) is 0 Å². The number of hydrogen-bond donors (Lipinski definition) is 2. The highest BCUT2D eigenvalue weighted by atomic mass is 19.2. The zero-order valence-electron chi connectivity index (χ0n) is 10.4. The number of hydrogen-bond acceptors (Lipinski definition) is 2. The number of carboxylic acid groups (broad SMARTS) is 1. The molecule has 0 heterocycles. The Hall–Kier alpha value is -1.49. The van der Waals surface area contributed by atoms with Gasteiger partial charge < -0.3 is 10.8 Å². The molecule has 100 valence electrons. The van der Waals surface area contributed by atoms with E-state index < -0.39 is 29.1 Å². The van der Waals surface area contributed by atoms with Crippen LogP contribution in [0.1, 0.15) is 38.3 Å². The first-order valence-corrected chi connectivity index (χ1v) is 5.63. The van der Waals surface area contributed by atoms with Gasteiger partial charge in [-0.2, -0.15) is 0 Å². The van der Waals surface area contributed by atoms with Crippen molar-refractivity contribution in [2.75, 3.05) is 0 Å². The molecule has 3 N–H and O–H groups in total. The van der Waals surface area contributed by atoms with E-state index in [1.54, 1.807) is 13.8 Å². The van der Waals surface area contributed by atoms with Crippen molar-refractivity contribution >= 4 is 5.97 Å². The van der Waals surface area contributed by atoms with Crippen molar-refractivity contribution in [1.29, 1.82) is 0 Å². The molecule has 0 aliphatic rings. The molecule has 18 heavy (non-hydrogen) atoms. The van der Waals surface area contributed by atoms with E-state index in [9.17, 15) is 13.6 Å². The highest BCUT2D eigenvalue weighted by molar-refractivity contribution is 5.67. The number of halogens is 2. The smallest absolute Gasteiger partial charge is 0.303 e. The van der Waals surface area contributed by atoms with Gasteiger partial charge in [-0.15, -0.1) is 0 Å². The fourth-order valence-corrected chi connectivity index (χ4v) is 1.94. The van der Waals surface area contributed by atoms with Gasteiger partial charge in [0.05, 0.1) is 6.42 Å². The second-order valence-corrected chi connectivity index (χ2v) is 5.22. The molecular formula is C13H17F2NO2. The molecule has 0 aliphatic carbocycles. The number of carbonyl (C=O) groups is 1. The van der Waals surface area contributed by atoms with Gasteiger partial charge in [-0.3, -0.25) is 4.79 Å². The van der Waals surface area contributed by atoms with Crippen LogP contribution in [0, 0.1) is 17.0 Å². The summed E-state index contributed by atoms with van der Waals surface area (Å²) in [5.41, 5.74) is 5.86. The van der Waals surface area contributed by atoms with Crippen LogP contribution < -0.4 is 5.73 Å². The van der Waals surface area contributed by atoms with Crippen molar-refractivity contribution in [2.24, 2.45) is 11.1 Å². The lowest BCUT2D eigenvalue weighted by Crippen LogP contribution is -2.24. The van der Waals surface area contributed by atoms with Gasteiger partial charge in [0.2, 0.25) is 0 Å². The Bertz CT molecular complexity index is 447. The summed E-state index contributed by atoms with van der Waals surface area (Å²) in [6.07, 6.45) is 0.356. The third kappa shape index (κ3) is 4.07. The van der Waals surface area contributed by atoms with Gasteiger partial charge in [-0.25, -0.2) is 8.78 Å². The SMILES string of the molecule is CC(C)(CC(=O)O)CC(N)c1ccc(F)c(F)c1. The largest absolute Gasteiger partial charge is 0.481 e. The molecule has 0 aromatic heterocycles. The number of rotatable bonds is 5. The van der Waals surface area contributed by atoms with Crippen LogP contribution in [-0.4, -0.2) is 11.1 Å². The van der Waals surface area contributed by atoms with E-state index in [0.717, 1.165) is 12.1 Å². The molecule has 1 unspecified atom stereocenters. The Morgan fingerprint density at radius 3 is 2.50 bits per heavy atom. The Kier molecular flexibility index (Phi) is 4.40. The Morgan fingerprint density at radius 1 is 1.39 bits per heavy atom. The minimum atomic E-state index is -0.945. The van der Waals surface area contributed by atoms with Gasteiger partial charge >= 0.3 is 5.97 Å². The van der Waals surface area contributed by atoms with Gasteiger partial charge in [-0.1, -0.05) is 19.9 Å². The molecule has 1 aromatic rings.